The van der Waals surface area contributed by atoms with Crippen LogP contribution in [-0.4, -0.2) is 52.4 Å². The second kappa shape index (κ2) is 7.52. The molecule has 0 spiro atoms. The molecule has 0 atom stereocenters. The summed E-state index contributed by atoms with van der Waals surface area (Å²) in [5, 5.41) is 3.53. The van der Waals surface area contributed by atoms with Gasteiger partial charge in [0, 0.05) is 25.7 Å². The molecule has 1 aliphatic rings. The summed E-state index contributed by atoms with van der Waals surface area (Å²) in [6.45, 7) is 2.90. The van der Waals surface area contributed by atoms with Crippen LogP contribution in [0.25, 0.3) is 0 Å². The van der Waals surface area contributed by atoms with E-state index in [0.717, 1.165) is 31.2 Å². The minimum absolute atomic E-state index is 0.641. The smallest absolute Gasteiger partial charge is 0.203 e. The van der Waals surface area contributed by atoms with E-state index in [4.69, 9.17) is 14.2 Å². The summed E-state index contributed by atoms with van der Waals surface area (Å²) in [5.41, 5.74) is 1.15. The Bertz CT molecular complexity index is 436. The summed E-state index contributed by atoms with van der Waals surface area (Å²) in [6.07, 6.45) is 2.66. The zero-order valence-corrected chi connectivity index (χ0v) is 13.4. The fourth-order valence-corrected chi connectivity index (χ4v) is 2.36. The molecule has 1 aromatic carbocycles. The second-order valence-corrected chi connectivity index (χ2v) is 5.50. The maximum atomic E-state index is 5.39. The van der Waals surface area contributed by atoms with Crippen LogP contribution in [0, 0.1) is 0 Å². The van der Waals surface area contributed by atoms with E-state index in [1.807, 2.05) is 12.1 Å². The van der Waals surface area contributed by atoms with Crippen LogP contribution in [0.2, 0.25) is 0 Å². The topological polar surface area (TPSA) is 43.0 Å². The SMILES string of the molecule is COc1cc(CN(C)CCNC2CC2)cc(OC)c1OC. The second-order valence-electron chi connectivity index (χ2n) is 5.50. The van der Waals surface area contributed by atoms with E-state index in [-0.39, 0.29) is 0 Å². The molecule has 0 unspecified atom stereocenters. The quantitative estimate of drug-likeness (QED) is 0.753. The van der Waals surface area contributed by atoms with Gasteiger partial charge >= 0.3 is 0 Å². The van der Waals surface area contributed by atoms with Crippen LogP contribution in [0.1, 0.15) is 18.4 Å². The van der Waals surface area contributed by atoms with Crippen molar-refractivity contribution in [2.45, 2.75) is 25.4 Å². The Balaban J connectivity index is 1.97. The molecule has 1 saturated carbocycles. The van der Waals surface area contributed by atoms with Crippen molar-refractivity contribution in [3.05, 3.63) is 17.7 Å². The van der Waals surface area contributed by atoms with Crippen molar-refractivity contribution < 1.29 is 14.2 Å². The predicted molar refractivity (Wildman–Crippen MR) is 83.5 cm³/mol. The average molecular weight is 294 g/mol. The van der Waals surface area contributed by atoms with Gasteiger partial charge < -0.3 is 24.4 Å². The third-order valence-corrected chi connectivity index (χ3v) is 3.68. The monoisotopic (exact) mass is 294 g/mol. The first-order chi connectivity index (χ1) is 10.2. The molecule has 1 aromatic rings. The van der Waals surface area contributed by atoms with E-state index in [1.165, 1.54) is 12.8 Å². The molecular weight excluding hydrogens is 268 g/mol. The Morgan fingerprint density at radius 1 is 1.10 bits per heavy atom. The third kappa shape index (κ3) is 4.51. The fraction of sp³-hybridized carbons (Fsp3) is 0.625. The zero-order valence-electron chi connectivity index (χ0n) is 13.4. The summed E-state index contributed by atoms with van der Waals surface area (Å²) in [4.78, 5) is 2.29. The average Bonchev–Trinajstić information content (AvgIpc) is 3.30. The Labute approximate surface area is 127 Å². The van der Waals surface area contributed by atoms with Gasteiger partial charge in [0.05, 0.1) is 21.3 Å². The van der Waals surface area contributed by atoms with Crippen LogP contribution in [0.3, 0.4) is 0 Å². The predicted octanol–water partition coefficient (Wildman–Crippen LogP) is 1.90. The Hall–Kier alpha value is -1.46. The lowest BCUT2D eigenvalue weighted by molar-refractivity contribution is 0.312. The van der Waals surface area contributed by atoms with Crippen molar-refractivity contribution in [1.29, 1.82) is 0 Å². The van der Waals surface area contributed by atoms with Crippen molar-refractivity contribution in [2.24, 2.45) is 0 Å². The highest BCUT2D eigenvalue weighted by atomic mass is 16.5. The summed E-state index contributed by atoms with van der Waals surface area (Å²) >= 11 is 0. The van der Waals surface area contributed by atoms with Crippen molar-refractivity contribution >= 4 is 0 Å². The first-order valence-electron chi connectivity index (χ1n) is 7.38. The van der Waals surface area contributed by atoms with Crippen LogP contribution in [0.4, 0.5) is 0 Å². The molecule has 0 aromatic heterocycles. The highest BCUT2D eigenvalue weighted by Crippen LogP contribution is 2.38. The molecule has 0 heterocycles. The molecule has 1 fully saturated rings. The van der Waals surface area contributed by atoms with Crippen LogP contribution in [-0.2, 0) is 6.54 Å². The van der Waals surface area contributed by atoms with E-state index in [2.05, 4.69) is 17.3 Å². The maximum Gasteiger partial charge on any atom is 0.203 e. The normalized spacial score (nSPS) is 14.3. The number of methoxy groups -OCH3 is 3. The highest BCUT2D eigenvalue weighted by molar-refractivity contribution is 5.53. The lowest BCUT2D eigenvalue weighted by atomic mass is 10.1. The van der Waals surface area contributed by atoms with Crippen molar-refractivity contribution in [3.63, 3.8) is 0 Å². The summed E-state index contributed by atoms with van der Waals surface area (Å²) in [5.74, 6) is 2.05. The minimum atomic E-state index is 0.641. The zero-order chi connectivity index (χ0) is 15.2. The van der Waals surface area contributed by atoms with Crippen LogP contribution >= 0.6 is 0 Å². The van der Waals surface area contributed by atoms with E-state index in [9.17, 15) is 0 Å². The maximum absolute atomic E-state index is 5.39. The summed E-state index contributed by atoms with van der Waals surface area (Å²) in [6, 6.07) is 4.78. The van der Waals surface area contributed by atoms with Crippen LogP contribution in [0.15, 0.2) is 12.1 Å². The van der Waals surface area contributed by atoms with E-state index in [1.54, 1.807) is 21.3 Å². The number of likely N-dealkylation sites (N-methyl/N-ethyl adjacent to an activating group) is 1. The molecule has 5 heteroatoms. The van der Waals surface area contributed by atoms with Crippen molar-refractivity contribution in [2.75, 3.05) is 41.5 Å². The molecule has 0 aliphatic heterocycles. The molecule has 0 bridgehead atoms. The van der Waals surface area contributed by atoms with E-state index >= 15 is 0 Å². The van der Waals surface area contributed by atoms with Crippen LogP contribution in [0.5, 0.6) is 17.2 Å². The molecule has 21 heavy (non-hydrogen) atoms. The largest absolute Gasteiger partial charge is 0.493 e. The highest BCUT2D eigenvalue weighted by Gasteiger charge is 2.20. The van der Waals surface area contributed by atoms with Crippen molar-refractivity contribution in [1.82, 2.24) is 10.2 Å². The van der Waals surface area contributed by atoms with Gasteiger partial charge in [-0.1, -0.05) is 0 Å². The molecule has 2 rings (SSSR count). The van der Waals surface area contributed by atoms with Gasteiger partial charge in [-0.3, -0.25) is 0 Å². The number of hydrogen-bond acceptors (Lipinski definition) is 5. The van der Waals surface area contributed by atoms with Gasteiger partial charge in [-0.25, -0.2) is 0 Å². The first-order valence-corrected chi connectivity index (χ1v) is 7.38. The Kier molecular flexibility index (Phi) is 5.70. The lowest BCUT2D eigenvalue weighted by Gasteiger charge is -2.19. The molecule has 1 N–H and O–H groups in total. The molecule has 0 saturated heterocycles. The number of hydrogen-bond donors (Lipinski definition) is 1. The number of ether oxygens (including phenoxy) is 3. The molecule has 0 radical (unpaired) electrons. The number of nitrogens with one attached hydrogen (secondary N) is 1. The summed E-state index contributed by atoms with van der Waals surface area (Å²) in [7, 11) is 7.03. The van der Waals surface area contributed by atoms with Gasteiger partial charge in [0.15, 0.2) is 11.5 Å². The minimum Gasteiger partial charge on any atom is -0.493 e. The Morgan fingerprint density at radius 2 is 1.71 bits per heavy atom. The van der Waals surface area contributed by atoms with Crippen LogP contribution < -0.4 is 19.5 Å². The van der Waals surface area contributed by atoms with Gasteiger partial charge in [0.1, 0.15) is 0 Å². The first kappa shape index (κ1) is 15.9. The molecule has 118 valence electrons. The fourth-order valence-electron chi connectivity index (χ4n) is 2.36. The molecular formula is C16H26N2O3. The van der Waals surface area contributed by atoms with Gasteiger partial charge in [-0.05, 0) is 37.6 Å². The van der Waals surface area contributed by atoms with E-state index < -0.39 is 0 Å². The van der Waals surface area contributed by atoms with E-state index in [0.29, 0.717) is 17.2 Å². The van der Waals surface area contributed by atoms with Gasteiger partial charge in [-0.15, -0.1) is 0 Å². The number of nitrogens with zero attached hydrogens (tertiary/aromatic N) is 1. The third-order valence-electron chi connectivity index (χ3n) is 3.68. The Morgan fingerprint density at radius 3 is 2.19 bits per heavy atom. The van der Waals surface area contributed by atoms with Crippen molar-refractivity contribution in [3.8, 4) is 17.2 Å². The lowest BCUT2D eigenvalue weighted by Crippen LogP contribution is -2.30. The standard InChI is InChI=1S/C16H26N2O3/c1-18(8-7-17-13-5-6-13)11-12-9-14(19-2)16(21-4)15(10-12)20-3/h9-10,13,17H,5-8,11H2,1-4H3. The number of benzene rings is 1. The van der Waals surface area contributed by atoms with Gasteiger partial charge in [0.2, 0.25) is 5.75 Å². The molecule has 1 aliphatic carbocycles. The summed E-state index contributed by atoms with van der Waals surface area (Å²) < 4.78 is 16.1. The molecule has 0 amide bonds. The van der Waals surface area contributed by atoms with Gasteiger partial charge in [-0.2, -0.15) is 0 Å². The number of rotatable bonds is 9. The van der Waals surface area contributed by atoms with Gasteiger partial charge in [0.25, 0.3) is 0 Å². The molecule has 5 nitrogen and oxygen atoms in total.